The minimum absolute atomic E-state index is 0.275. The zero-order valence-corrected chi connectivity index (χ0v) is 14.9. The number of rotatable bonds is 9. The van der Waals surface area contributed by atoms with Crippen LogP contribution in [0.3, 0.4) is 0 Å². The molecule has 0 saturated carbocycles. The van der Waals surface area contributed by atoms with Gasteiger partial charge in [0, 0.05) is 12.1 Å². The van der Waals surface area contributed by atoms with Crippen molar-refractivity contribution in [2.24, 2.45) is 0 Å². The van der Waals surface area contributed by atoms with Gasteiger partial charge < -0.3 is 20.1 Å². The molecule has 0 radical (unpaired) electrons. The number of nitrogens with one attached hydrogen (secondary N) is 2. The fourth-order valence-corrected chi connectivity index (χ4v) is 2.30. The maximum atomic E-state index is 13.6. The Balaban J connectivity index is 1.45. The van der Waals surface area contributed by atoms with Crippen molar-refractivity contribution in [3.05, 3.63) is 66.1 Å². The van der Waals surface area contributed by atoms with Crippen LogP contribution < -0.4 is 20.1 Å². The quantitative estimate of drug-likeness (QED) is 0.561. The topological polar surface area (TPSA) is 81.2 Å². The van der Waals surface area contributed by atoms with Crippen molar-refractivity contribution in [1.82, 2.24) is 15.2 Å². The Morgan fingerprint density at radius 1 is 1.00 bits per heavy atom. The number of benzene rings is 2. The Hall–Kier alpha value is -3.42. The smallest absolute Gasteiger partial charge is 0.244 e. The molecule has 2 aromatic carbocycles. The average Bonchev–Trinajstić information content (AvgIpc) is 2.71. The van der Waals surface area contributed by atoms with Gasteiger partial charge in [0.15, 0.2) is 5.82 Å². The Morgan fingerprint density at radius 3 is 2.56 bits per heavy atom. The molecular weight excluding hydrogens is 349 g/mol. The summed E-state index contributed by atoms with van der Waals surface area (Å²) >= 11 is 0. The van der Waals surface area contributed by atoms with Crippen molar-refractivity contribution in [2.45, 2.75) is 6.54 Å². The summed E-state index contributed by atoms with van der Waals surface area (Å²) in [5.41, 5.74) is 0.535. The summed E-state index contributed by atoms with van der Waals surface area (Å²) in [5.74, 6) is 2.13. The highest BCUT2D eigenvalue weighted by atomic mass is 19.1. The normalized spacial score (nSPS) is 10.3. The van der Waals surface area contributed by atoms with Crippen LogP contribution in [0.1, 0.15) is 5.56 Å². The molecule has 0 atom stereocenters. The van der Waals surface area contributed by atoms with Crippen molar-refractivity contribution in [1.29, 1.82) is 0 Å². The molecule has 0 aliphatic heterocycles. The summed E-state index contributed by atoms with van der Waals surface area (Å²) in [7, 11) is 1.62. The first-order valence-corrected chi connectivity index (χ1v) is 8.42. The van der Waals surface area contributed by atoms with E-state index in [-0.39, 0.29) is 12.4 Å². The Labute approximate surface area is 156 Å². The number of methoxy groups -OCH3 is 1. The van der Waals surface area contributed by atoms with E-state index in [1.807, 2.05) is 24.3 Å². The summed E-state index contributed by atoms with van der Waals surface area (Å²) in [6.07, 6.45) is 1.52. The van der Waals surface area contributed by atoms with Crippen molar-refractivity contribution < 1.29 is 13.9 Å². The number of anilines is 2. The van der Waals surface area contributed by atoms with E-state index in [9.17, 15) is 4.39 Å². The predicted octanol–water partition coefficient (Wildman–Crippen LogP) is 3.12. The molecule has 27 heavy (non-hydrogen) atoms. The van der Waals surface area contributed by atoms with Crippen LogP contribution in [0.5, 0.6) is 11.5 Å². The summed E-state index contributed by atoms with van der Waals surface area (Å²) in [6.45, 7) is 1.27. The highest BCUT2D eigenvalue weighted by Crippen LogP contribution is 2.16. The van der Waals surface area contributed by atoms with E-state index in [0.717, 1.165) is 11.5 Å². The van der Waals surface area contributed by atoms with Crippen LogP contribution in [0.2, 0.25) is 0 Å². The molecule has 3 aromatic rings. The second-order valence-corrected chi connectivity index (χ2v) is 5.56. The minimum Gasteiger partial charge on any atom is -0.497 e. The number of aromatic nitrogens is 3. The molecule has 8 heteroatoms. The summed E-state index contributed by atoms with van der Waals surface area (Å²) in [6, 6.07) is 13.9. The van der Waals surface area contributed by atoms with E-state index < -0.39 is 0 Å². The molecule has 0 aliphatic rings. The van der Waals surface area contributed by atoms with Crippen LogP contribution in [-0.2, 0) is 6.54 Å². The van der Waals surface area contributed by atoms with E-state index in [4.69, 9.17) is 9.47 Å². The lowest BCUT2D eigenvalue weighted by molar-refractivity contribution is 0.331. The third-order valence-corrected chi connectivity index (χ3v) is 3.69. The molecule has 0 saturated heterocycles. The summed E-state index contributed by atoms with van der Waals surface area (Å²) in [5, 5.41) is 13.9. The van der Waals surface area contributed by atoms with E-state index in [2.05, 4.69) is 25.8 Å². The summed E-state index contributed by atoms with van der Waals surface area (Å²) in [4.78, 5) is 4.29. The average molecular weight is 369 g/mol. The number of hydrogen-bond donors (Lipinski definition) is 2. The minimum atomic E-state index is -0.275. The molecule has 0 spiro atoms. The van der Waals surface area contributed by atoms with E-state index in [1.165, 1.54) is 12.3 Å². The first-order chi connectivity index (χ1) is 13.2. The fraction of sp³-hybridized carbons (Fsp3) is 0.211. The van der Waals surface area contributed by atoms with Crippen LogP contribution in [0.15, 0.2) is 54.7 Å². The Kier molecular flexibility index (Phi) is 6.35. The van der Waals surface area contributed by atoms with Crippen LogP contribution in [0, 0.1) is 5.82 Å². The summed E-state index contributed by atoms with van der Waals surface area (Å²) < 4.78 is 24.4. The van der Waals surface area contributed by atoms with Crippen LogP contribution in [-0.4, -0.2) is 35.4 Å². The molecular formula is C19H20FN5O2. The van der Waals surface area contributed by atoms with Gasteiger partial charge in [-0.2, -0.15) is 10.1 Å². The van der Waals surface area contributed by atoms with Gasteiger partial charge in [-0.05, 0) is 30.3 Å². The number of ether oxygens (including phenoxy) is 2. The molecule has 0 bridgehead atoms. The van der Waals surface area contributed by atoms with Gasteiger partial charge in [0.1, 0.15) is 23.9 Å². The molecule has 0 fully saturated rings. The molecule has 1 heterocycles. The SMILES string of the molecule is COc1ccc(OCCNc2cnnc(NCc3ccccc3F)n2)cc1. The Bertz CT molecular complexity index is 861. The maximum absolute atomic E-state index is 13.6. The zero-order chi connectivity index (χ0) is 18.9. The van der Waals surface area contributed by atoms with Crippen LogP contribution in [0.4, 0.5) is 16.2 Å². The van der Waals surface area contributed by atoms with Crippen molar-refractivity contribution in [2.75, 3.05) is 30.9 Å². The standard InChI is InChI=1S/C19H20FN5O2/c1-26-15-6-8-16(9-7-15)27-11-10-21-18-13-23-25-19(24-18)22-12-14-4-2-3-5-17(14)20/h2-9,13H,10-12H2,1H3,(H2,21,22,24,25). The lowest BCUT2D eigenvalue weighted by atomic mass is 10.2. The zero-order valence-electron chi connectivity index (χ0n) is 14.9. The fourth-order valence-electron chi connectivity index (χ4n) is 2.30. The predicted molar refractivity (Wildman–Crippen MR) is 101 cm³/mol. The molecule has 1 aromatic heterocycles. The molecule has 3 rings (SSSR count). The number of nitrogens with zero attached hydrogens (tertiary/aromatic N) is 3. The second-order valence-electron chi connectivity index (χ2n) is 5.56. The van der Waals surface area contributed by atoms with E-state index in [1.54, 1.807) is 25.3 Å². The van der Waals surface area contributed by atoms with Gasteiger partial charge in [0.05, 0.1) is 19.9 Å². The van der Waals surface area contributed by atoms with Gasteiger partial charge in [-0.1, -0.05) is 18.2 Å². The van der Waals surface area contributed by atoms with Crippen molar-refractivity contribution >= 4 is 11.8 Å². The van der Waals surface area contributed by atoms with Crippen molar-refractivity contribution in [3.8, 4) is 11.5 Å². The van der Waals surface area contributed by atoms with Crippen LogP contribution >= 0.6 is 0 Å². The third kappa shape index (κ3) is 5.53. The van der Waals surface area contributed by atoms with E-state index in [0.29, 0.717) is 30.5 Å². The lowest BCUT2D eigenvalue weighted by Gasteiger charge is -2.09. The van der Waals surface area contributed by atoms with Gasteiger partial charge in [0.2, 0.25) is 5.95 Å². The van der Waals surface area contributed by atoms with Gasteiger partial charge in [-0.25, -0.2) is 4.39 Å². The highest BCUT2D eigenvalue weighted by molar-refractivity contribution is 5.37. The number of halogens is 1. The van der Waals surface area contributed by atoms with Gasteiger partial charge in [0.25, 0.3) is 0 Å². The number of hydrogen-bond acceptors (Lipinski definition) is 7. The molecule has 140 valence electrons. The van der Waals surface area contributed by atoms with Crippen molar-refractivity contribution in [3.63, 3.8) is 0 Å². The first kappa shape index (κ1) is 18.4. The lowest BCUT2D eigenvalue weighted by Crippen LogP contribution is -2.14. The molecule has 0 unspecified atom stereocenters. The monoisotopic (exact) mass is 369 g/mol. The largest absolute Gasteiger partial charge is 0.497 e. The van der Waals surface area contributed by atoms with Gasteiger partial charge in [-0.3, -0.25) is 0 Å². The van der Waals surface area contributed by atoms with Gasteiger partial charge >= 0.3 is 0 Å². The maximum Gasteiger partial charge on any atom is 0.244 e. The third-order valence-electron chi connectivity index (χ3n) is 3.69. The van der Waals surface area contributed by atoms with Crippen LogP contribution in [0.25, 0.3) is 0 Å². The highest BCUT2D eigenvalue weighted by Gasteiger charge is 2.04. The van der Waals surface area contributed by atoms with E-state index >= 15 is 0 Å². The molecule has 0 aliphatic carbocycles. The first-order valence-electron chi connectivity index (χ1n) is 8.42. The molecule has 2 N–H and O–H groups in total. The second kappa shape index (κ2) is 9.33. The van der Waals surface area contributed by atoms with Gasteiger partial charge in [-0.15, -0.1) is 5.10 Å². The molecule has 0 amide bonds. The Morgan fingerprint density at radius 2 is 1.78 bits per heavy atom. The molecule has 7 nitrogen and oxygen atoms in total.